The molecule has 3 nitrogen and oxygen atoms in total. The Labute approximate surface area is 119 Å². The van der Waals surface area contributed by atoms with Gasteiger partial charge < -0.3 is 11.1 Å². The van der Waals surface area contributed by atoms with E-state index in [1.807, 2.05) is 24.3 Å². The van der Waals surface area contributed by atoms with Crippen molar-refractivity contribution >= 4 is 23.2 Å². The van der Waals surface area contributed by atoms with Gasteiger partial charge in [-0.2, -0.15) is 0 Å². The average molecular weight is 281 g/mol. The van der Waals surface area contributed by atoms with Crippen LogP contribution in [-0.2, 0) is 4.79 Å². The van der Waals surface area contributed by atoms with Crippen LogP contribution in [0.2, 0.25) is 5.02 Å². The standard InChI is InChI=1S/C15H21ClN2O/c1-2-11-6-5-9-15(10-11,14(17)19)18-13-8-4-3-7-12(13)16/h3-4,7-8,11,18H,2,5-6,9-10H2,1H3,(H2,17,19). The van der Waals surface area contributed by atoms with Crippen LogP contribution < -0.4 is 11.1 Å². The van der Waals surface area contributed by atoms with Crippen LogP contribution in [-0.4, -0.2) is 11.4 Å². The molecule has 0 saturated heterocycles. The highest BCUT2D eigenvalue weighted by Gasteiger charge is 2.41. The van der Waals surface area contributed by atoms with Crippen molar-refractivity contribution in [2.75, 3.05) is 5.32 Å². The van der Waals surface area contributed by atoms with E-state index < -0.39 is 5.54 Å². The summed E-state index contributed by atoms with van der Waals surface area (Å²) < 4.78 is 0. The van der Waals surface area contributed by atoms with Crippen LogP contribution in [0.4, 0.5) is 5.69 Å². The second-order valence-corrected chi connectivity index (χ2v) is 5.83. The summed E-state index contributed by atoms with van der Waals surface area (Å²) in [6.07, 6.45) is 4.86. The van der Waals surface area contributed by atoms with Crippen molar-refractivity contribution in [1.29, 1.82) is 0 Å². The summed E-state index contributed by atoms with van der Waals surface area (Å²) in [5, 5.41) is 3.95. The first-order chi connectivity index (χ1) is 9.07. The van der Waals surface area contributed by atoms with E-state index in [1.165, 1.54) is 6.42 Å². The SMILES string of the molecule is CCC1CCCC(Nc2ccccc2Cl)(C(N)=O)C1. The highest BCUT2D eigenvalue weighted by atomic mass is 35.5. The molecule has 0 heterocycles. The lowest BCUT2D eigenvalue weighted by Crippen LogP contribution is -2.53. The molecule has 0 spiro atoms. The number of hydrogen-bond donors (Lipinski definition) is 2. The number of para-hydroxylation sites is 1. The van der Waals surface area contributed by atoms with Crippen LogP contribution in [0.5, 0.6) is 0 Å². The maximum absolute atomic E-state index is 12.0. The highest BCUT2D eigenvalue weighted by molar-refractivity contribution is 6.33. The zero-order valence-electron chi connectivity index (χ0n) is 11.3. The fourth-order valence-corrected chi connectivity index (χ4v) is 3.14. The molecular weight excluding hydrogens is 260 g/mol. The minimum atomic E-state index is -0.649. The third-order valence-electron chi connectivity index (χ3n) is 4.15. The molecule has 0 bridgehead atoms. The van der Waals surface area contributed by atoms with Gasteiger partial charge in [-0.05, 0) is 30.9 Å². The van der Waals surface area contributed by atoms with Gasteiger partial charge in [-0.25, -0.2) is 0 Å². The number of benzene rings is 1. The van der Waals surface area contributed by atoms with E-state index in [1.54, 1.807) is 0 Å². The topological polar surface area (TPSA) is 55.1 Å². The Morgan fingerprint density at radius 2 is 2.26 bits per heavy atom. The van der Waals surface area contributed by atoms with Crippen LogP contribution >= 0.6 is 11.6 Å². The van der Waals surface area contributed by atoms with Crippen molar-refractivity contribution < 1.29 is 4.79 Å². The number of amides is 1. The second-order valence-electron chi connectivity index (χ2n) is 5.42. The monoisotopic (exact) mass is 280 g/mol. The number of halogens is 1. The molecular formula is C15H21ClN2O. The van der Waals surface area contributed by atoms with Crippen molar-refractivity contribution in [3.63, 3.8) is 0 Å². The first-order valence-electron chi connectivity index (χ1n) is 6.90. The van der Waals surface area contributed by atoms with Crippen LogP contribution in [0, 0.1) is 5.92 Å². The van der Waals surface area contributed by atoms with Crippen LogP contribution in [0.15, 0.2) is 24.3 Å². The summed E-state index contributed by atoms with van der Waals surface area (Å²) >= 11 is 6.17. The lowest BCUT2D eigenvalue weighted by molar-refractivity contribution is -0.123. The molecule has 104 valence electrons. The van der Waals surface area contributed by atoms with Gasteiger partial charge in [-0.3, -0.25) is 4.79 Å². The molecule has 3 N–H and O–H groups in total. The summed E-state index contributed by atoms with van der Waals surface area (Å²) in [5.74, 6) is 0.279. The fourth-order valence-electron chi connectivity index (χ4n) is 2.96. The van der Waals surface area contributed by atoms with E-state index >= 15 is 0 Å². The molecule has 1 aliphatic carbocycles. The minimum Gasteiger partial charge on any atom is -0.370 e. The Morgan fingerprint density at radius 1 is 1.53 bits per heavy atom. The lowest BCUT2D eigenvalue weighted by Gasteiger charge is -2.39. The highest BCUT2D eigenvalue weighted by Crippen LogP contribution is 2.37. The molecule has 1 fully saturated rings. The number of primary amides is 1. The predicted molar refractivity (Wildman–Crippen MR) is 79.2 cm³/mol. The van der Waals surface area contributed by atoms with Gasteiger partial charge in [0, 0.05) is 0 Å². The number of hydrogen-bond acceptors (Lipinski definition) is 2. The molecule has 1 saturated carbocycles. The maximum Gasteiger partial charge on any atom is 0.243 e. The number of nitrogens with two attached hydrogens (primary N) is 1. The summed E-state index contributed by atoms with van der Waals surface area (Å²) in [4.78, 5) is 12.0. The normalized spacial score (nSPS) is 26.9. The van der Waals surface area contributed by atoms with Gasteiger partial charge in [0.2, 0.25) is 5.91 Å². The number of nitrogens with one attached hydrogen (secondary N) is 1. The van der Waals surface area contributed by atoms with E-state index in [2.05, 4.69) is 12.2 Å². The number of carbonyl (C=O) groups excluding carboxylic acids is 1. The number of anilines is 1. The predicted octanol–water partition coefficient (Wildman–Crippen LogP) is 3.58. The van der Waals surface area contributed by atoms with Gasteiger partial charge in [0.1, 0.15) is 5.54 Å². The van der Waals surface area contributed by atoms with E-state index in [-0.39, 0.29) is 5.91 Å². The number of rotatable bonds is 4. The molecule has 4 heteroatoms. The summed E-state index contributed by atoms with van der Waals surface area (Å²) in [7, 11) is 0. The zero-order valence-corrected chi connectivity index (χ0v) is 12.0. The van der Waals surface area contributed by atoms with E-state index in [9.17, 15) is 4.79 Å². The molecule has 1 amide bonds. The average Bonchev–Trinajstić information content (AvgIpc) is 2.41. The van der Waals surface area contributed by atoms with Gasteiger partial charge in [0.15, 0.2) is 0 Å². The molecule has 1 aromatic rings. The molecule has 19 heavy (non-hydrogen) atoms. The van der Waals surface area contributed by atoms with Gasteiger partial charge in [-0.1, -0.05) is 49.9 Å². The minimum absolute atomic E-state index is 0.273. The first kappa shape index (κ1) is 14.2. The van der Waals surface area contributed by atoms with Crippen LogP contribution in [0.3, 0.4) is 0 Å². The Bertz CT molecular complexity index is 463. The van der Waals surface area contributed by atoms with E-state index in [0.29, 0.717) is 10.9 Å². The van der Waals surface area contributed by atoms with Crippen molar-refractivity contribution in [3.8, 4) is 0 Å². The molecule has 0 radical (unpaired) electrons. The smallest absolute Gasteiger partial charge is 0.243 e. The second kappa shape index (κ2) is 5.83. The van der Waals surface area contributed by atoms with Gasteiger partial charge >= 0.3 is 0 Å². The molecule has 2 unspecified atom stereocenters. The quantitative estimate of drug-likeness (QED) is 0.886. The molecule has 1 aromatic carbocycles. The van der Waals surface area contributed by atoms with Crippen molar-refractivity contribution in [2.45, 2.75) is 44.6 Å². The van der Waals surface area contributed by atoms with Crippen molar-refractivity contribution in [3.05, 3.63) is 29.3 Å². The third kappa shape index (κ3) is 3.03. The Morgan fingerprint density at radius 3 is 2.89 bits per heavy atom. The van der Waals surface area contributed by atoms with E-state index in [0.717, 1.165) is 31.4 Å². The van der Waals surface area contributed by atoms with Gasteiger partial charge in [0.05, 0.1) is 10.7 Å². The Kier molecular flexibility index (Phi) is 4.35. The van der Waals surface area contributed by atoms with E-state index in [4.69, 9.17) is 17.3 Å². The number of carbonyl (C=O) groups is 1. The van der Waals surface area contributed by atoms with Gasteiger partial charge in [0.25, 0.3) is 0 Å². The van der Waals surface area contributed by atoms with Crippen molar-refractivity contribution in [2.24, 2.45) is 11.7 Å². The largest absolute Gasteiger partial charge is 0.370 e. The van der Waals surface area contributed by atoms with Gasteiger partial charge in [-0.15, -0.1) is 0 Å². The summed E-state index contributed by atoms with van der Waals surface area (Å²) in [6.45, 7) is 2.16. The molecule has 1 aliphatic rings. The Balaban J connectivity index is 2.25. The molecule has 2 rings (SSSR count). The summed E-state index contributed by atoms with van der Waals surface area (Å²) in [5.41, 5.74) is 5.82. The third-order valence-corrected chi connectivity index (χ3v) is 4.48. The maximum atomic E-state index is 12.0. The Hall–Kier alpha value is -1.22. The summed E-state index contributed by atoms with van der Waals surface area (Å²) in [6, 6.07) is 7.49. The molecule has 2 atom stereocenters. The van der Waals surface area contributed by atoms with Crippen LogP contribution in [0.25, 0.3) is 0 Å². The van der Waals surface area contributed by atoms with Crippen molar-refractivity contribution in [1.82, 2.24) is 0 Å². The molecule has 0 aromatic heterocycles. The first-order valence-corrected chi connectivity index (χ1v) is 7.28. The zero-order chi connectivity index (χ0) is 13.9. The molecule has 0 aliphatic heterocycles. The van der Waals surface area contributed by atoms with Crippen LogP contribution in [0.1, 0.15) is 39.0 Å². The fraction of sp³-hybridized carbons (Fsp3) is 0.533. The lowest BCUT2D eigenvalue weighted by atomic mass is 9.74.